The molecule has 1 aliphatic rings. The standard InChI is InChI=1S/C22H19ClN2O3S/c1-15-2-4-17(5-3-15)22(26)24-19-9-6-16-12-13-25(21(16)14-19)29(27,28)20-10-7-18(23)8-11-20/h2-11,14H,12-13H2,1H3,(H,24,26). The minimum Gasteiger partial charge on any atom is -0.322 e. The van der Waals surface area contributed by atoms with Crippen LogP contribution in [0.2, 0.25) is 5.02 Å². The van der Waals surface area contributed by atoms with Crippen molar-refractivity contribution in [3.63, 3.8) is 0 Å². The number of sulfonamides is 1. The second-order valence-electron chi connectivity index (χ2n) is 6.94. The zero-order valence-electron chi connectivity index (χ0n) is 15.7. The minimum absolute atomic E-state index is 0.184. The van der Waals surface area contributed by atoms with Crippen LogP contribution in [0.15, 0.2) is 71.6 Å². The third kappa shape index (κ3) is 3.86. The van der Waals surface area contributed by atoms with Crippen LogP contribution in [0.4, 0.5) is 11.4 Å². The number of hydrogen-bond acceptors (Lipinski definition) is 3. The average molecular weight is 427 g/mol. The highest BCUT2D eigenvalue weighted by Gasteiger charge is 2.31. The largest absolute Gasteiger partial charge is 0.322 e. The summed E-state index contributed by atoms with van der Waals surface area (Å²) >= 11 is 5.88. The third-order valence-electron chi connectivity index (χ3n) is 4.91. The summed E-state index contributed by atoms with van der Waals surface area (Å²) < 4.78 is 27.6. The van der Waals surface area contributed by atoms with Gasteiger partial charge in [-0.15, -0.1) is 0 Å². The Hall–Kier alpha value is -2.83. The number of benzene rings is 3. The lowest BCUT2D eigenvalue weighted by Gasteiger charge is -2.20. The molecule has 0 fully saturated rings. The number of rotatable bonds is 4. The summed E-state index contributed by atoms with van der Waals surface area (Å²) in [6.45, 7) is 2.31. The molecule has 0 radical (unpaired) electrons. The maximum Gasteiger partial charge on any atom is 0.264 e. The number of nitrogens with one attached hydrogen (secondary N) is 1. The molecular formula is C22H19ClN2O3S. The van der Waals surface area contributed by atoms with Gasteiger partial charge in [0, 0.05) is 22.8 Å². The fraction of sp³-hybridized carbons (Fsp3) is 0.136. The summed E-state index contributed by atoms with van der Waals surface area (Å²) in [5, 5.41) is 3.33. The Morgan fingerprint density at radius 3 is 2.38 bits per heavy atom. The normalized spacial score (nSPS) is 13.2. The Labute approximate surface area is 175 Å². The average Bonchev–Trinajstić information content (AvgIpc) is 3.13. The minimum atomic E-state index is -3.71. The van der Waals surface area contributed by atoms with Gasteiger partial charge < -0.3 is 5.32 Å². The van der Waals surface area contributed by atoms with Crippen molar-refractivity contribution in [1.29, 1.82) is 0 Å². The van der Waals surface area contributed by atoms with Gasteiger partial charge in [-0.3, -0.25) is 9.10 Å². The Morgan fingerprint density at radius 1 is 1.00 bits per heavy atom. The van der Waals surface area contributed by atoms with Crippen molar-refractivity contribution in [2.24, 2.45) is 0 Å². The van der Waals surface area contributed by atoms with Crippen LogP contribution in [0.3, 0.4) is 0 Å². The van der Waals surface area contributed by atoms with Gasteiger partial charge >= 0.3 is 0 Å². The van der Waals surface area contributed by atoms with Crippen molar-refractivity contribution >= 4 is 38.9 Å². The molecule has 0 saturated carbocycles. The smallest absolute Gasteiger partial charge is 0.264 e. The zero-order valence-corrected chi connectivity index (χ0v) is 17.3. The molecule has 29 heavy (non-hydrogen) atoms. The Balaban J connectivity index is 1.62. The van der Waals surface area contributed by atoms with E-state index in [0.29, 0.717) is 34.9 Å². The van der Waals surface area contributed by atoms with Crippen LogP contribution in [0.5, 0.6) is 0 Å². The van der Waals surface area contributed by atoms with E-state index in [1.165, 1.54) is 16.4 Å². The first-order chi connectivity index (χ1) is 13.8. The van der Waals surface area contributed by atoms with Crippen LogP contribution in [0, 0.1) is 6.92 Å². The lowest BCUT2D eigenvalue weighted by molar-refractivity contribution is 0.102. The highest BCUT2D eigenvalue weighted by Crippen LogP contribution is 2.35. The number of carbonyl (C=O) groups excluding carboxylic acids is 1. The fourth-order valence-electron chi connectivity index (χ4n) is 3.32. The van der Waals surface area contributed by atoms with Gasteiger partial charge in [-0.05, 0) is 67.4 Å². The Kier molecular flexibility index (Phi) is 5.06. The monoisotopic (exact) mass is 426 g/mol. The second kappa shape index (κ2) is 7.54. The maximum absolute atomic E-state index is 13.1. The lowest BCUT2D eigenvalue weighted by Crippen LogP contribution is -2.29. The van der Waals surface area contributed by atoms with Gasteiger partial charge in [-0.1, -0.05) is 35.4 Å². The Morgan fingerprint density at radius 2 is 1.69 bits per heavy atom. The van der Waals surface area contributed by atoms with Crippen LogP contribution in [-0.4, -0.2) is 20.9 Å². The topological polar surface area (TPSA) is 66.5 Å². The van der Waals surface area contributed by atoms with Gasteiger partial charge in [-0.2, -0.15) is 0 Å². The van der Waals surface area contributed by atoms with E-state index in [4.69, 9.17) is 11.6 Å². The van der Waals surface area contributed by atoms with Crippen LogP contribution in [0.1, 0.15) is 21.5 Å². The number of amides is 1. The summed E-state index contributed by atoms with van der Waals surface area (Å²) in [5.74, 6) is -0.241. The summed E-state index contributed by atoms with van der Waals surface area (Å²) in [4.78, 5) is 12.7. The third-order valence-corrected chi connectivity index (χ3v) is 6.99. The number of halogens is 1. The van der Waals surface area contributed by atoms with Crippen LogP contribution in [0.25, 0.3) is 0 Å². The summed E-state index contributed by atoms with van der Waals surface area (Å²) in [6.07, 6.45) is 0.619. The van der Waals surface area contributed by atoms with Gasteiger partial charge in [0.25, 0.3) is 15.9 Å². The van der Waals surface area contributed by atoms with E-state index in [2.05, 4.69) is 5.32 Å². The molecular weight excluding hydrogens is 408 g/mol. The van der Waals surface area contributed by atoms with Gasteiger partial charge in [0.2, 0.25) is 0 Å². The number of aryl methyl sites for hydroxylation is 1. The SMILES string of the molecule is Cc1ccc(C(=O)Nc2ccc3c(c2)N(S(=O)(=O)c2ccc(Cl)cc2)CC3)cc1. The number of hydrogen-bond donors (Lipinski definition) is 1. The van der Waals surface area contributed by atoms with Crippen LogP contribution >= 0.6 is 11.6 Å². The first-order valence-electron chi connectivity index (χ1n) is 9.14. The zero-order chi connectivity index (χ0) is 20.6. The molecule has 1 amide bonds. The van der Waals surface area contributed by atoms with E-state index < -0.39 is 10.0 Å². The maximum atomic E-state index is 13.1. The van der Waals surface area contributed by atoms with E-state index in [1.807, 2.05) is 25.1 Å². The number of nitrogens with zero attached hydrogens (tertiary/aromatic N) is 1. The molecule has 4 rings (SSSR count). The highest BCUT2D eigenvalue weighted by molar-refractivity contribution is 7.92. The van der Waals surface area contributed by atoms with Gasteiger partial charge in [0.05, 0.1) is 10.6 Å². The molecule has 148 valence electrons. The molecule has 0 unspecified atom stereocenters. The van der Waals surface area contributed by atoms with Crippen molar-refractivity contribution in [3.8, 4) is 0 Å². The molecule has 0 aromatic heterocycles. The molecule has 3 aromatic carbocycles. The molecule has 0 spiro atoms. The highest BCUT2D eigenvalue weighted by atomic mass is 35.5. The predicted molar refractivity (Wildman–Crippen MR) is 115 cm³/mol. The van der Waals surface area contributed by atoms with Crippen molar-refractivity contribution in [2.45, 2.75) is 18.2 Å². The summed E-state index contributed by atoms with van der Waals surface area (Å²) in [5.41, 5.74) is 3.67. The van der Waals surface area contributed by atoms with Crippen molar-refractivity contribution in [1.82, 2.24) is 0 Å². The van der Waals surface area contributed by atoms with E-state index in [9.17, 15) is 13.2 Å². The number of carbonyl (C=O) groups is 1. The number of anilines is 2. The van der Waals surface area contributed by atoms with Crippen LogP contribution in [-0.2, 0) is 16.4 Å². The van der Waals surface area contributed by atoms with Gasteiger partial charge in [0.15, 0.2) is 0 Å². The molecule has 3 aromatic rings. The molecule has 0 bridgehead atoms. The quantitative estimate of drug-likeness (QED) is 0.660. The van der Waals surface area contributed by atoms with Crippen molar-refractivity contribution < 1.29 is 13.2 Å². The molecule has 7 heteroatoms. The van der Waals surface area contributed by atoms with Crippen molar-refractivity contribution in [3.05, 3.63) is 88.4 Å². The molecule has 1 N–H and O–H groups in total. The fourth-order valence-corrected chi connectivity index (χ4v) is 4.94. The van der Waals surface area contributed by atoms with Gasteiger partial charge in [-0.25, -0.2) is 8.42 Å². The first-order valence-corrected chi connectivity index (χ1v) is 11.0. The molecule has 0 atom stereocenters. The Bertz CT molecular complexity index is 1170. The van der Waals surface area contributed by atoms with Crippen molar-refractivity contribution in [2.75, 3.05) is 16.2 Å². The lowest BCUT2D eigenvalue weighted by atomic mass is 10.1. The predicted octanol–water partition coefficient (Wildman–Crippen LogP) is 4.65. The summed E-state index contributed by atoms with van der Waals surface area (Å²) in [7, 11) is -3.71. The van der Waals surface area contributed by atoms with E-state index in [0.717, 1.165) is 11.1 Å². The second-order valence-corrected chi connectivity index (χ2v) is 9.24. The van der Waals surface area contributed by atoms with E-state index >= 15 is 0 Å². The van der Waals surface area contributed by atoms with E-state index in [-0.39, 0.29) is 10.8 Å². The molecule has 0 aliphatic carbocycles. The number of fused-ring (bicyclic) bond motifs is 1. The summed E-state index contributed by atoms with van der Waals surface area (Å²) in [6, 6.07) is 18.7. The molecule has 1 aliphatic heterocycles. The van der Waals surface area contributed by atoms with E-state index in [1.54, 1.807) is 36.4 Å². The van der Waals surface area contributed by atoms with Crippen LogP contribution < -0.4 is 9.62 Å². The molecule has 5 nitrogen and oxygen atoms in total. The van der Waals surface area contributed by atoms with Gasteiger partial charge in [0.1, 0.15) is 0 Å². The molecule has 0 saturated heterocycles. The molecule has 1 heterocycles. The first kappa shape index (κ1) is 19.5.